The van der Waals surface area contributed by atoms with Gasteiger partial charge in [0.1, 0.15) is 0 Å². The second-order valence-electron chi connectivity index (χ2n) is 5.93. The van der Waals surface area contributed by atoms with E-state index < -0.39 is 0 Å². The normalized spacial score (nSPS) is 19.4. The highest BCUT2D eigenvalue weighted by molar-refractivity contribution is 6.40. The van der Waals surface area contributed by atoms with Gasteiger partial charge in [0, 0.05) is 18.1 Å². The first-order valence-corrected chi connectivity index (χ1v) is 8.46. The van der Waals surface area contributed by atoms with Crippen molar-refractivity contribution in [2.45, 2.75) is 45.2 Å². The van der Waals surface area contributed by atoms with Crippen molar-refractivity contribution < 1.29 is 4.79 Å². The topological polar surface area (TPSA) is 35.6 Å². The van der Waals surface area contributed by atoms with Crippen molar-refractivity contribution >= 4 is 29.2 Å². The number of nitrogens with one attached hydrogen (secondary N) is 1. The van der Waals surface area contributed by atoms with Crippen LogP contribution in [0.5, 0.6) is 0 Å². The highest BCUT2D eigenvalue weighted by Crippen LogP contribution is 2.24. The Morgan fingerprint density at radius 1 is 1.41 bits per heavy atom. The summed E-state index contributed by atoms with van der Waals surface area (Å²) in [6, 6.07) is -0.00981. The standard InChI is InChI=1S/C16H27Cl2N3O/c1-6-14(11(2)15(18)12(3)17)19-16(22)21(5)13-7-9-20(4)10-8-13/h13-14H,2,6-10H2,1,3-5H3,(H,19,22)/b15-12-. The van der Waals surface area contributed by atoms with Crippen LogP contribution < -0.4 is 5.32 Å². The first kappa shape index (κ1) is 19.3. The molecule has 1 aliphatic heterocycles. The van der Waals surface area contributed by atoms with Crippen molar-refractivity contribution in [1.82, 2.24) is 15.1 Å². The molecular formula is C16H27Cl2N3O. The molecule has 0 spiro atoms. The summed E-state index contributed by atoms with van der Waals surface area (Å²) in [5, 5.41) is 3.92. The lowest BCUT2D eigenvalue weighted by Gasteiger charge is -2.36. The predicted molar refractivity (Wildman–Crippen MR) is 94.4 cm³/mol. The van der Waals surface area contributed by atoms with Gasteiger partial charge in [-0.1, -0.05) is 36.7 Å². The molecule has 0 aromatic rings. The Balaban J connectivity index is 2.65. The molecule has 1 rings (SSSR count). The molecule has 0 saturated carbocycles. The number of halogens is 2. The van der Waals surface area contributed by atoms with Gasteiger partial charge in [0.05, 0.1) is 11.1 Å². The molecule has 126 valence electrons. The van der Waals surface area contributed by atoms with Crippen LogP contribution in [-0.4, -0.2) is 55.1 Å². The van der Waals surface area contributed by atoms with Gasteiger partial charge in [0.15, 0.2) is 0 Å². The molecule has 1 N–H and O–H groups in total. The number of carbonyl (C=O) groups is 1. The fourth-order valence-corrected chi connectivity index (χ4v) is 2.86. The van der Waals surface area contributed by atoms with Crippen LogP contribution in [0.15, 0.2) is 22.2 Å². The van der Waals surface area contributed by atoms with Crippen LogP contribution in [-0.2, 0) is 0 Å². The lowest BCUT2D eigenvalue weighted by atomic mass is 10.0. The Kier molecular flexibility index (Phi) is 7.74. The van der Waals surface area contributed by atoms with Crippen molar-refractivity contribution in [1.29, 1.82) is 0 Å². The molecule has 6 heteroatoms. The number of urea groups is 1. The lowest BCUT2D eigenvalue weighted by molar-refractivity contribution is 0.146. The van der Waals surface area contributed by atoms with Gasteiger partial charge in [-0.3, -0.25) is 0 Å². The number of likely N-dealkylation sites (tertiary alicyclic amines) is 1. The van der Waals surface area contributed by atoms with Crippen molar-refractivity contribution in [2.24, 2.45) is 0 Å². The van der Waals surface area contributed by atoms with Crippen molar-refractivity contribution in [3.8, 4) is 0 Å². The average molecular weight is 348 g/mol. The molecule has 4 nitrogen and oxygen atoms in total. The Morgan fingerprint density at radius 3 is 2.41 bits per heavy atom. The van der Waals surface area contributed by atoms with E-state index in [9.17, 15) is 4.79 Å². The molecule has 0 radical (unpaired) electrons. The van der Waals surface area contributed by atoms with E-state index in [1.165, 1.54) is 0 Å². The molecule has 22 heavy (non-hydrogen) atoms. The van der Waals surface area contributed by atoms with Crippen LogP contribution in [0.2, 0.25) is 0 Å². The van der Waals surface area contributed by atoms with Crippen LogP contribution in [0, 0.1) is 0 Å². The predicted octanol–water partition coefficient (Wildman–Crippen LogP) is 3.77. The average Bonchev–Trinajstić information content (AvgIpc) is 2.50. The number of nitrogens with zero attached hydrogens (tertiary/aromatic N) is 2. The molecule has 1 fully saturated rings. The minimum Gasteiger partial charge on any atom is -0.331 e. The Labute approximate surface area is 144 Å². The van der Waals surface area contributed by atoms with Gasteiger partial charge in [0.25, 0.3) is 0 Å². The third-order valence-electron chi connectivity index (χ3n) is 4.27. The van der Waals surface area contributed by atoms with E-state index in [0.29, 0.717) is 22.1 Å². The van der Waals surface area contributed by atoms with Crippen LogP contribution in [0.25, 0.3) is 0 Å². The van der Waals surface area contributed by atoms with Crippen molar-refractivity contribution in [3.05, 3.63) is 22.2 Å². The molecule has 1 saturated heterocycles. The number of allylic oxidation sites excluding steroid dienone is 1. The molecule has 2 amide bonds. The molecular weight excluding hydrogens is 321 g/mol. The zero-order valence-electron chi connectivity index (χ0n) is 14.0. The van der Waals surface area contributed by atoms with Crippen LogP contribution in [0.3, 0.4) is 0 Å². The lowest BCUT2D eigenvalue weighted by Crippen LogP contribution is -2.50. The Bertz CT molecular complexity index is 439. The van der Waals surface area contributed by atoms with E-state index in [1.807, 2.05) is 14.0 Å². The quantitative estimate of drug-likeness (QED) is 0.768. The number of hydrogen-bond acceptors (Lipinski definition) is 2. The van der Waals surface area contributed by atoms with E-state index in [2.05, 4.69) is 23.8 Å². The number of carbonyl (C=O) groups excluding carboxylic acids is 1. The molecule has 1 aliphatic rings. The first-order valence-electron chi connectivity index (χ1n) is 7.70. The molecule has 1 unspecified atom stereocenters. The maximum Gasteiger partial charge on any atom is 0.317 e. The minimum atomic E-state index is -0.206. The first-order chi connectivity index (χ1) is 10.3. The van der Waals surface area contributed by atoms with E-state index in [0.717, 1.165) is 25.9 Å². The molecule has 1 heterocycles. The summed E-state index contributed by atoms with van der Waals surface area (Å²) in [6.07, 6.45) is 2.71. The third-order valence-corrected chi connectivity index (χ3v) is 5.08. The molecule has 1 atom stereocenters. The maximum absolute atomic E-state index is 12.5. The van der Waals surface area contributed by atoms with Crippen molar-refractivity contribution in [2.75, 3.05) is 27.2 Å². The summed E-state index contributed by atoms with van der Waals surface area (Å²) in [7, 11) is 3.96. The second kappa shape index (κ2) is 8.80. The van der Waals surface area contributed by atoms with Gasteiger partial charge < -0.3 is 15.1 Å². The molecule has 0 bridgehead atoms. The van der Waals surface area contributed by atoms with Crippen LogP contribution in [0.4, 0.5) is 4.79 Å². The van der Waals surface area contributed by atoms with E-state index >= 15 is 0 Å². The number of hydrogen-bond donors (Lipinski definition) is 1. The molecule has 0 aliphatic carbocycles. The Hall–Kier alpha value is -0.710. The summed E-state index contributed by atoms with van der Waals surface area (Å²) in [5.74, 6) is 0. The van der Waals surface area contributed by atoms with Gasteiger partial charge in [-0.2, -0.15) is 0 Å². The molecule has 0 aromatic heterocycles. The Morgan fingerprint density at radius 2 is 1.95 bits per heavy atom. The summed E-state index contributed by atoms with van der Waals surface area (Å²) >= 11 is 12.1. The fraction of sp³-hybridized carbons (Fsp3) is 0.688. The SMILES string of the molecule is C=C(/C(Cl)=C(\C)Cl)C(CC)NC(=O)N(C)C1CCN(C)CC1. The number of piperidine rings is 1. The van der Waals surface area contributed by atoms with E-state index in [-0.39, 0.29) is 18.1 Å². The number of amides is 2. The highest BCUT2D eigenvalue weighted by Gasteiger charge is 2.26. The largest absolute Gasteiger partial charge is 0.331 e. The zero-order valence-corrected chi connectivity index (χ0v) is 15.5. The van der Waals surface area contributed by atoms with Crippen molar-refractivity contribution in [3.63, 3.8) is 0 Å². The molecule has 0 aromatic carbocycles. The van der Waals surface area contributed by atoms with Gasteiger partial charge in [0.2, 0.25) is 0 Å². The van der Waals surface area contributed by atoms with Gasteiger partial charge in [-0.05, 0) is 51.9 Å². The van der Waals surface area contributed by atoms with Crippen LogP contribution in [0.1, 0.15) is 33.1 Å². The third kappa shape index (κ3) is 5.18. The minimum absolute atomic E-state index is 0.0840. The van der Waals surface area contributed by atoms with Crippen LogP contribution >= 0.6 is 23.2 Å². The summed E-state index contributed by atoms with van der Waals surface area (Å²) in [4.78, 5) is 16.5. The monoisotopic (exact) mass is 347 g/mol. The highest BCUT2D eigenvalue weighted by atomic mass is 35.5. The zero-order chi connectivity index (χ0) is 16.9. The van der Waals surface area contributed by atoms with Gasteiger partial charge >= 0.3 is 6.03 Å². The summed E-state index contributed by atoms with van der Waals surface area (Å²) < 4.78 is 0. The second-order valence-corrected chi connectivity index (χ2v) is 6.87. The summed E-state index contributed by atoms with van der Waals surface area (Å²) in [5.41, 5.74) is 0.654. The van der Waals surface area contributed by atoms with E-state index in [1.54, 1.807) is 11.8 Å². The summed E-state index contributed by atoms with van der Waals surface area (Å²) in [6.45, 7) is 9.71. The smallest absolute Gasteiger partial charge is 0.317 e. The maximum atomic E-state index is 12.5. The van der Waals surface area contributed by atoms with Gasteiger partial charge in [-0.25, -0.2) is 4.79 Å². The van der Waals surface area contributed by atoms with Gasteiger partial charge in [-0.15, -0.1) is 0 Å². The van der Waals surface area contributed by atoms with E-state index in [4.69, 9.17) is 23.2 Å². The number of rotatable bonds is 5. The fourth-order valence-electron chi connectivity index (χ4n) is 2.61.